The Morgan fingerprint density at radius 2 is 1.88 bits per heavy atom. The van der Waals surface area contributed by atoms with Gasteiger partial charge < -0.3 is 14.9 Å². The summed E-state index contributed by atoms with van der Waals surface area (Å²) in [5.41, 5.74) is 4.94. The summed E-state index contributed by atoms with van der Waals surface area (Å²) < 4.78 is 13.3. The van der Waals surface area contributed by atoms with Crippen molar-refractivity contribution in [2.75, 3.05) is 11.9 Å². The van der Waals surface area contributed by atoms with E-state index in [4.69, 9.17) is 0 Å². The molecule has 5 nitrogen and oxygen atoms in total. The fourth-order valence-corrected chi connectivity index (χ4v) is 4.22. The second kappa shape index (κ2) is 8.39. The molecule has 6 heteroatoms. The van der Waals surface area contributed by atoms with E-state index in [1.165, 1.54) is 17.0 Å². The first-order chi connectivity index (χ1) is 16.0. The molecule has 0 spiro atoms. The molecule has 0 atom stereocenters. The predicted molar refractivity (Wildman–Crippen MR) is 130 cm³/mol. The Morgan fingerprint density at radius 3 is 2.61 bits per heavy atom. The number of aromatic amines is 2. The summed E-state index contributed by atoms with van der Waals surface area (Å²) >= 11 is 0. The van der Waals surface area contributed by atoms with E-state index in [1.807, 2.05) is 12.1 Å². The number of hydrogen-bond acceptors (Lipinski definition) is 2. The van der Waals surface area contributed by atoms with Crippen molar-refractivity contribution in [2.45, 2.75) is 12.8 Å². The van der Waals surface area contributed by atoms with Gasteiger partial charge in [-0.25, -0.2) is 4.39 Å². The molecular weight excluding hydrogens is 417 g/mol. The van der Waals surface area contributed by atoms with Crippen molar-refractivity contribution in [3.63, 3.8) is 0 Å². The summed E-state index contributed by atoms with van der Waals surface area (Å²) in [6, 6.07) is 14.9. The molecule has 0 radical (unpaired) electrons. The van der Waals surface area contributed by atoms with Gasteiger partial charge in [-0.3, -0.25) is 9.59 Å². The van der Waals surface area contributed by atoms with E-state index in [9.17, 15) is 14.0 Å². The Morgan fingerprint density at radius 1 is 1.06 bits per heavy atom. The number of benzene rings is 2. The highest BCUT2D eigenvalue weighted by molar-refractivity contribution is 6.10. The lowest BCUT2D eigenvalue weighted by Gasteiger charge is -2.17. The third-order valence-corrected chi connectivity index (χ3v) is 5.94. The first kappa shape index (κ1) is 20.7. The molecule has 2 aromatic heterocycles. The van der Waals surface area contributed by atoms with E-state index in [-0.39, 0.29) is 17.3 Å². The number of hydrogen-bond donors (Lipinski definition) is 2. The van der Waals surface area contributed by atoms with Gasteiger partial charge in [0.2, 0.25) is 0 Å². The summed E-state index contributed by atoms with van der Waals surface area (Å²) in [6.45, 7) is 0. The highest BCUT2D eigenvalue weighted by atomic mass is 19.1. The van der Waals surface area contributed by atoms with Gasteiger partial charge in [-0.15, -0.1) is 0 Å². The van der Waals surface area contributed by atoms with Crippen molar-refractivity contribution in [2.24, 2.45) is 0 Å². The van der Waals surface area contributed by atoms with Gasteiger partial charge in [0.25, 0.3) is 11.5 Å². The number of fused-ring (bicyclic) bond motifs is 1. The number of nitrogens with zero attached hydrogens (tertiary/aromatic N) is 1. The molecule has 0 saturated heterocycles. The third-order valence-electron chi connectivity index (χ3n) is 5.94. The molecular formula is C27H22FN3O2. The molecule has 5 rings (SSSR count). The standard InChI is InChI=1S/C27H22FN3O2/c1-31(20-12-10-19(28)11-13-20)27(33)18-9-14-23-22(16-18)24(17-6-3-2-4-7-17)25(30-23)21-8-5-15-29-26(21)32/h3,5-16,30H,2,4H2,1H3,(H,29,32). The van der Waals surface area contributed by atoms with Crippen LogP contribution in [0.1, 0.15) is 28.8 Å². The molecule has 2 aromatic carbocycles. The number of carbonyl (C=O) groups is 1. The second-order valence-corrected chi connectivity index (χ2v) is 8.03. The fraction of sp³-hybridized carbons (Fsp3) is 0.111. The molecule has 4 aromatic rings. The zero-order chi connectivity index (χ0) is 22.9. The van der Waals surface area contributed by atoms with Crippen LogP contribution in [-0.2, 0) is 0 Å². The average molecular weight is 439 g/mol. The van der Waals surface area contributed by atoms with Crippen molar-refractivity contribution in [3.8, 4) is 11.3 Å². The lowest BCUT2D eigenvalue weighted by atomic mass is 9.94. The Kier molecular flexibility index (Phi) is 5.26. The number of nitrogens with one attached hydrogen (secondary N) is 2. The lowest BCUT2D eigenvalue weighted by Crippen LogP contribution is -2.26. The maximum atomic E-state index is 13.3. The number of halogens is 1. The van der Waals surface area contributed by atoms with Crippen LogP contribution in [0.25, 0.3) is 27.7 Å². The molecule has 2 heterocycles. The van der Waals surface area contributed by atoms with Crippen molar-refractivity contribution >= 4 is 28.1 Å². The first-order valence-corrected chi connectivity index (χ1v) is 10.8. The van der Waals surface area contributed by atoms with E-state index in [0.717, 1.165) is 40.6 Å². The van der Waals surface area contributed by atoms with E-state index in [1.54, 1.807) is 43.6 Å². The van der Waals surface area contributed by atoms with Gasteiger partial charge in [-0.1, -0.05) is 18.2 Å². The largest absolute Gasteiger partial charge is 0.354 e. The molecule has 1 amide bonds. The number of anilines is 1. The van der Waals surface area contributed by atoms with Crippen LogP contribution in [0.5, 0.6) is 0 Å². The van der Waals surface area contributed by atoms with Gasteiger partial charge in [-0.05, 0) is 73.0 Å². The van der Waals surface area contributed by atoms with Crippen LogP contribution in [0, 0.1) is 5.82 Å². The topological polar surface area (TPSA) is 69.0 Å². The number of rotatable bonds is 4. The van der Waals surface area contributed by atoms with Gasteiger partial charge in [0.05, 0.1) is 11.3 Å². The minimum atomic E-state index is -0.352. The van der Waals surface area contributed by atoms with E-state index < -0.39 is 0 Å². The molecule has 2 N–H and O–H groups in total. The van der Waals surface area contributed by atoms with Gasteiger partial charge in [0.15, 0.2) is 0 Å². The molecule has 0 saturated carbocycles. The third kappa shape index (κ3) is 3.80. The summed E-state index contributed by atoms with van der Waals surface area (Å²) in [4.78, 5) is 33.4. The molecule has 33 heavy (non-hydrogen) atoms. The number of pyridine rings is 1. The molecule has 1 aliphatic carbocycles. The van der Waals surface area contributed by atoms with Gasteiger partial charge in [0, 0.05) is 41.0 Å². The van der Waals surface area contributed by atoms with Crippen molar-refractivity contribution in [1.82, 2.24) is 9.97 Å². The van der Waals surface area contributed by atoms with E-state index in [0.29, 0.717) is 16.8 Å². The van der Waals surface area contributed by atoms with E-state index >= 15 is 0 Å². The molecule has 1 aliphatic rings. The number of aromatic nitrogens is 2. The fourth-order valence-electron chi connectivity index (χ4n) is 4.22. The van der Waals surface area contributed by atoms with Crippen LogP contribution >= 0.6 is 0 Å². The predicted octanol–water partition coefficient (Wildman–Crippen LogP) is 5.67. The number of H-pyrrole nitrogens is 2. The zero-order valence-electron chi connectivity index (χ0n) is 18.1. The molecule has 0 bridgehead atoms. The SMILES string of the molecule is CN(C(=O)c1ccc2[nH]c(-c3ccc[nH]c3=O)c(C3=CCCC=C3)c2c1)c1ccc(F)cc1. The zero-order valence-corrected chi connectivity index (χ0v) is 18.1. The van der Waals surface area contributed by atoms with Crippen LogP contribution in [-0.4, -0.2) is 22.9 Å². The summed E-state index contributed by atoms with van der Waals surface area (Å²) in [5.74, 6) is -0.557. The summed E-state index contributed by atoms with van der Waals surface area (Å²) in [5, 5.41) is 0.865. The number of amides is 1. The average Bonchev–Trinajstić information content (AvgIpc) is 3.23. The second-order valence-electron chi connectivity index (χ2n) is 8.03. The van der Waals surface area contributed by atoms with Crippen molar-refractivity contribution in [3.05, 3.63) is 106 Å². The van der Waals surface area contributed by atoms with Crippen LogP contribution in [0.2, 0.25) is 0 Å². The minimum Gasteiger partial charge on any atom is -0.354 e. The van der Waals surface area contributed by atoms with Crippen molar-refractivity contribution in [1.29, 1.82) is 0 Å². The quantitative estimate of drug-likeness (QED) is 0.430. The molecule has 0 unspecified atom stereocenters. The summed E-state index contributed by atoms with van der Waals surface area (Å²) in [7, 11) is 1.67. The van der Waals surface area contributed by atoms with Gasteiger partial charge in [-0.2, -0.15) is 0 Å². The highest BCUT2D eigenvalue weighted by Crippen LogP contribution is 2.37. The van der Waals surface area contributed by atoms with Crippen LogP contribution in [0.15, 0.2) is 83.8 Å². The van der Waals surface area contributed by atoms with Crippen LogP contribution < -0.4 is 10.5 Å². The molecule has 164 valence electrons. The smallest absolute Gasteiger partial charge is 0.258 e. The van der Waals surface area contributed by atoms with E-state index in [2.05, 4.69) is 28.2 Å². The van der Waals surface area contributed by atoms with Crippen molar-refractivity contribution < 1.29 is 9.18 Å². The lowest BCUT2D eigenvalue weighted by molar-refractivity contribution is 0.0993. The Labute approximate surface area is 189 Å². The first-order valence-electron chi connectivity index (χ1n) is 10.8. The Hall–Kier alpha value is -4.19. The maximum absolute atomic E-state index is 13.3. The number of allylic oxidation sites excluding steroid dienone is 4. The monoisotopic (exact) mass is 439 g/mol. The Balaban J connectivity index is 1.66. The molecule has 0 aliphatic heterocycles. The van der Waals surface area contributed by atoms with Gasteiger partial charge in [0.1, 0.15) is 5.82 Å². The minimum absolute atomic E-state index is 0.182. The van der Waals surface area contributed by atoms with Crippen LogP contribution in [0.4, 0.5) is 10.1 Å². The maximum Gasteiger partial charge on any atom is 0.258 e. The van der Waals surface area contributed by atoms with Crippen LogP contribution in [0.3, 0.4) is 0 Å². The van der Waals surface area contributed by atoms with Gasteiger partial charge >= 0.3 is 0 Å². The summed E-state index contributed by atoms with van der Waals surface area (Å²) in [6.07, 6.45) is 9.82. The Bertz CT molecular complexity index is 1480. The normalized spacial score (nSPS) is 13.2. The highest BCUT2D eigenvalue weighted by Gasteiger charge is 2.21. The molecule has 0 fully saturated rings. The number of carbonyl (C=O) groups excluding carboxylic acids is 1.